The summed E-state index contributed by atoms with van der Waals surface area (Å²) in [5.74, 6) is 0.509. The number of anilines is 1. The molecule has 0 radical (unpaired) electrons. The van der Waals surface area contributed by atoms with Crippen LogP contribution in [0.25, 0.3) is 11.0 Å². The quantitative estimate of drug-likeness (QED) is 0.776. The number of nitrogens with zero attached hydrogens (tertiary/aromatic N) is 2. The molecule has 2 atom stereocenters. The molecule has 2 aromatic carbocycles. The van der Waals surface area contributed by atoms with Gasteiger partial charge in [-0.3, -0.25) is 0 Å². The summed E-state index contributed by atoms with van der Waals surface area (Å²) >= 11 is 0. The molecule has 2 unspecified atom stereocenters. The van der Waals surface area contributed by atoms with Crippen LogP contribution in [0.3, 0.4) is 0 Å². The third kappa shape index (κ3) is 2.55. The molecule has 116 valence electrons. The highest BCUT2D eigenvalue weighted by atomic mass is 15.0. The van der Waals surface area contributed by atoms with Gasteiger partial charge in [0.15, 0.2) is 0 Å². The normalized spacial score (nSPS) is 18.0. The number of hydrogen-bond donors (Lipinski definition) is 2. The van der Waals surface area contributed by atoms with E-state index in [4.69, 9.17) is 10.7 Å². The minimum absolute atomic E-state index is 0.0586. The zero-order chi connectivity index (χ0) is 15.8. The number of fused-ring (bicyclic) bond motifs is 2. The minimum Gasteiger partial charge on any atom is -0.382 e. The van der Waals surface area contributed by atoms with Crippen LogP contribution in [0, 0.1) is 0 Å². The Bertz CT molecular complexity index is 859. The second-order valence-corrected chi connectivity index (χ2v) is 6.16. The number of nitrogens with two attached hydrogens (primary N) is 1. The Morgan fingerprint density at radius 1 is 1.04 bits per heavy atom. The van der Waals surface area contributed by atoms with Gasteiger partial charge in [-0.05, 0) is 43.0 Å². The molecule has 0 saturated carbocycles. The molecule has 4 nitrogen and oxygen atoms in total. The molecule has 1 aromatic heterocycles. The molecule has 1 aliphatic rings. The minimum atomic E-state index is 0.0586. The van der Waals surface area contributed by atoms with E-state index in [9.17, 15) is 0 Å². The highest BCUT2D eigenvalue weighted by Gasteiger charge is 2.24. The van der Waals surface area contributed by atoms with Crippen molar-refractivity contribution in [2.24, 2.45) is 0 Å². The zero-order valence-electron chi connectivity index (χ0n) is 13.2. The molecule has 4 heteroatoms. The van der Waals surface area contributed by atoms with Crippen LogP contribution in [0.1, 0.15) is 42.2 Å². The maximum Gasteiger partial charge on any atom is 0.147 e. The molecule has 3 aromatic rings. The van der Waals surface area contributed by atoms with Gasteiger partial charge in [0.05, 0.1) is 22.8 Å². The highest BCUT2D eigenvalue weighted by Crippen LogP contribution is 2.33. The van der Waals surface area contributed by atoms with Crippen molar-refractivity contribution >= 4 is 16.9 Å². The molecule has 1 heterocycles. The topological polar surface area (TPSA) is 63.8 Å². The molecule has 0 fully saturated rings. The van der Waals surface area contributed by atoms with Gasteiger partial charge in [-0.2, -0.15) is 0 Å². The van der Waals surface area contributed by atoms with E-state index in [0.717, 1.165) is 29.6 Å². The second-order valence-electron chi connectivity index (χ2n) is 6.16. The molecular weight excluding hydrogens is 284 g/mol. The SMILES string of the molecule is CC(NC1CCc2ccccc21)c1nc2ccccc2nc1N. The first-order valence-electron chi connectivity index (χ1n) is 8.08. The number of aryl methyl sites for hydroxylation is 1. The van der Waals surface area contributed by atoms with Gasteiger partial charge >= 0.3 is 0 Å². The van der Waals surface area contributed by atoms with Gasteiger partial charge < -0.3 is 11.1 Å². The highest BCUT2D eigenvalue weighted by molar-refractivity contribution is 5.76. The molecule has 1 aliphatic carbocycles. The number of para-hydroxylation sites is 2. The fourth-order valence-corrected chi connectivity index (χ4v) is 3.46. The molecule has 0 bridgehead atoms. The number of benzene rings is 2. The van der Waals surface area contributed by atoms with Crippen LogP contribution in [0.4, 0.5) is 5.82 Å². The Morgan fingerprint density at radius 3 is 2.57 bits per heavy atom. The predicted molar refractivity (Wildman–Crippen MR) is 93.0 cm³/mol. The lowest BCUT2D eigenvalue weighted by Gasteiger charge is -2.21. The van der Waals surface area contributed by atoms with Gasteiger partial charge in [0.1, 0.15) is 5.82 Å². The summed E-state index contributed by atoms with van der Waals surface area (Å²) in [5.41, 5.74) is 11.5. The summed E-state index contributed by atoms with van der Waals surface area (Å²) in [7, 11) is 0. The molecule has 0 amide bonds. The number of aromatic nitrogens is 2. The van der Waals surface area contributed by atoms with Crippen LogP contribution in [0.2, 0.25) is 0 Å². The molecular formula is C19H20N4. The van der Waals surface area contributed by atoms with Crippen LogP contribution in [0.15, 0.2) is 48.5 Å². The van der Waals surface area contributed by atoms with Crippen molar-refractivity contribution in [3.05, 3.63) is 65.4 Å². The van der Waals surface area contributed by atoms with E-state index in [0.29, 0.717) is 11.9 Å². The third-order valence-corrected chi connectivity index (χ3v) is 4.62. The Hall–Kier alpha value is -2.46. The fourth-order valence-electron chi connectivity index (χ4n) is 3.46. The van der Waals surface area contributed by atoms with Crippen LogP contribution in [0.5, 0.6) is 0 Å². The van der Waals surface area contributed by atoms with Gasteiger partial charge in [0.2, 0.25) is 0 Å². The summed E-state index contributed by atoms with van der Waals surface area (Å²) in [6.07, 6.45) is 2.24. The smallest absolute Gasteiger partial charge is 0.147 e. The van der Waals surface area contributed by atoms with E-state index in [-0.39, 0.29) is 6.04 Å². The summed E-state index contributed by atoms with van der Waals surface area (Å²) in [6, 6.07) is 16.9. The molecule has 0 spiro atoms. The molecule has 0 aliphatic heterocycles. The summed E-state index contributed by atoms with van der Waals surface area (Å²) in [4.78, 5) is 9.21. The van der Waals surface area contributed by atoms with Gasteiger partial charge in [-0.25, -0.2) is 9.97 Å². The molecule has 3 N–H and O–H groups in total. The average molecular weight is 304 g/mol. The Kier molecular flexibility index (Phi) is 3.46. The maximum absolute atomic E-state index is 6.14. The molecule has 23 heavy (non-hydrogen) atoms. The largest absolute Gasteiger partial charge is 0.382 e. The summed E-state index contributed by atoms with van der Waals surface area (Å²) in [6.45, 7) is 2.11. The van der Waals surface area contributed by atoms with Crippen LogP contribution in [-0.4, -0.2) is 9.97 Å². The molecule has 0 saturated heterocycles. The number of rotatable bonds is 3. The number of nitrogens with one attached hydrogen (secondary N) is 1. The van der Waals surface area contributed by atoms with Gasteiger partial charge in [0.25, 0.3) is 0 Å². The van der Waals surface area contributed by atoms with Crippen molar-refractivity contribution in [2.75, 3.05) is 5.73 Å². The van der Waals surface area contributed by atoms with Crippen molar-refractivity contribution in [3.63, 3.8) is 0 Å². The van der Waals surface area contributed by atoms with Crippen molar-refractivity contribution in [1.29, 1.82) is 0 Å². The summed E-state index contributed by atoms with van der Waals surface area (Å²) in [5, 5.41) is 3.67. The van der Waals surface area contributed by atoms with Crippen molar-refractivity contribution in [1.82, 2.24) is 15.3 Å². The van der Waals surface area contributed by atoms with E-state index in [2.05, 4.69) is 41.5 Å². The van der Waals surface area contributed by atoms with Crippen molar-refractivity contribution in [3.8, 4) is 0 Å². The standard InChI is InChI=1S/C19H20N4/c1-12(21-15-11-10-13-6-2-3-7-14(13)15)18-19(20)23-17-9-5-4-8-16(17)22-18/h2-9,12,15,21H,10-11H2,1H3,(H2,20,23). The van der Waals surface area contributed by atoms with Gasteiger partial charge in [-0.15, -0.1) is 0 Å². The van der Waals surface area contributed by atoms with Crippen LogP contribution < -0.4 is 11.1 Å². The Balaban J connectivity index is 1.63. The van der Waals surface area contributed by atoms with E-state index in [1.807, 2.05) is 24.3 Å². The second kappa shape index (κ2) is 5.63. The van der Waals surface area contributed by atoms with Crippen LogP contribution >= 0.6 is 0 Å². The van der Waals surface area contributed by atoms with Gasteiger partial charge in [0, 0.05) is 6.04 Å². The van der Waals surface area contributed by atoms with Crippen molar-refractivity contribution in [2.45, 2.75) is 31.8 Å². The first-order chi connectivity index (χ1) is 11.2. The first kappa shape index (κ1) is 14.2. The van der Waals surface area contributed by atoms with E-state index < -0.39 is 0 Å². The number of nitrogen functional groups attached to an aromatic ring is 1. The molecule has 4 rings (SSSR count). The first-order valence-corrected chi connectivity index (χ1v) is 8.08. The monoisotopic (exact) mass is 304 g/mol. The Morgan fingerprint density at radius 2 is 1.74 bits per heavy atom. The average Bonchev–Trinajstić information content (AvgIpc) is 2.97. The third-order valence-electron chi connectivity index (χ3n) is 4.62. The lowest BCUT2D eigenvalue weighted by molar-refractivity contribution is 0.459. The van der Waals surface area contributed by atoms with E-state index in [1.54, 1.807) is 0 Å². The van der Waals surface area contributed by atoms with E-state index in [1.165, 1.54) is 11.1 Å². The lowest BCUT2D eigenvalue weighted by atomic mass is 10.1. The zero-order valence-corrected chi connectivity index (χ0v) is 13.2. The van der Waals surface area contributed by atoms with Crippen LogP contribution in [-0.2, 0) is 6.42 Å². The summed E-state index contributed by atoms with van der Waals surface area (Å²) < 4.78 is 0. The number of hydrogen-bond acceptors (Lipinski definition) is 4. The predicted octanol–water partition coefficient (Wildman–Crippen LogP) is 3.55. The van der Waals surface area contributed by atoms with E-state index >= 15 is 0 Å². The van der Waals surface area contributed by atoms with Gasteiger partial charge in [-0.1, -0.05) is 36.4 Å². The maximum atomic E-state index is 6.14. The Labute approximate surface area is 135 Å². The lowest BCUT2D eigenvalue weighted by Crippen LogP contribution is -2.25. The fraction of sp³-hybridized carbons (Fsp3) is 0.263. The van der Waals surface area contributed by atoms with Crippen molar-refractivity contribution < 1.29 is 0 Å².